The average molecular weight is 488 g/mol. The number of hydrogen-bond acceptors (Lipinski definition) is 5. The van der Waals surface area contributed by atoms with E-state index in [4.69, 9.17) is 5.73 Å². The van der Waals surface area contributed by atoms with Crippen molar-refractivity contribution in [3.63, 3.8) is 0 Å². The second-order valence-electron chi connectivity index (χ2n) is 8.06. The summed E-state index contributed by atoms with van der Waals surface area (Å²) in [5, 5.41) is 6.40. The van der Waals surface area contributed by atoms with Crippen LogP contribution in [0.25, 0.3) is 27.6 Å². The number of nitrogens with two attached hydrogens (primary N) is 1. The molecule has 4 N–H and O–H groups in total. The Morgan fingerprint density at radius 3 is 2.46 bits per heavy atom. The number of nitrogens with zero attached hydrogens (tertiary/aromatic N) is 2. The van der Waals surface area contributed by atoms with Crippen LogP contribution in [-0.2, 0) is 9.59 Å². The number of allylic oxidation sites excluding steroid dienone is 2. The molecule has 4 rings (SSSR count). The number of amides is 2. The van der Waals surface area contributed by atoms with Crippen LogP contribution in [0, 0.1) is 0 Å². The van der Waals surface area contributed by atoms with E-state index in [1.165, 1.54) is 18.6 Å². The Bertz CT molecular complexity index is 1560. The van der Waals surface area contributed by atoms with Crippen molar-refractivity contribution in [1.82, 2.24) is 9.97 Å². The van der Waals surface area contributed by atoms with Crippen molar-refractivity contribution >= 4 is 39.7 Å². The third-order valence-electron chi connectivity index (χ3n) is 5.53. The number of rotatable bonds is 8. The summed E-state index contributed by atoms with van der Waals surface area (Å²) < 4.78 is 0. The van der Waals surface area contributed by atoms with Crippen LogP contribution < -0.4 is 16.4 Å². The monoisotopic (exact) mass is 487 g/mol. The lowest BCUT2D eigenvalue weighted by molar-refractivity contribution is -0.113. The number of aromatic nitrogens is 2. The zero-order chi connectivity index (χ0) is 26.2. The van der Waals surface area contributed by atoms with Gasteiger partial charge in [-0.05, 0) is 65.3 Å². The van der Waals surface area contributed by atoms with Gasteiger partial charge < -0.3 is 16.4 Å². The molecule has 0 aliphatic carbocycles. The van der Waals surface area contributed by atoms with Crippen molar-refractivity contribution in [2.75, 3.05) is 10.6 Å². The smallest absolute Gasteiger partial charge is 0.255 e. The topological polar surface area (TPSA) is 110 Å². The van der Waals surface area contributed by atoms with Gasteiger partial charge in [-0.15, -0.1) is 0 Å². The van der Waals surface area contributed by atoms with E-state index < -0.39 is 0 Å². The van der Waals surface area contributed by atoms with Crippen LogP contribution in [0.1, 0.15) is 5.56 Å². The number of nitrogens with one attached hydrogen (secondary N) is 2. The quantitative estimate of drug-likeness (QED) is 0.225. The van der Waals surface area contributed by atoms with Gasteiger partial charge in [0.05, 0.1) is 5.52 Å². The first-order valence-electron chi connectivity index (χ1n) is 11.4. The molecule has 1 heterocycles. The predicted octanol–water partition coefficient (Wildman–Crippen LogP) is 5.47. The first-order valence-corrected chi connectivity index (χ1v) is 11.4. The summed E-state index contributed by atoms with van der Waals surface area (Å²) in [7, 11) is 0. The number of fused-ring (bicyclic) bond motifs is 1. The van der Waals surface area contributed by atoms with Gasteiger partial charge in [0.1, 0.15) is 6.33 Å². The molecule has 0 spiro atoms. The third-order valence-corrected chi connectivity index (χ3v) is 5.53. The van der Waals surface area contributed by atoms with Crippen LogP contribution in [0.4, 0.5) is 11.4 Å². The van der Waals surface area contributed by atoms with E-state index in [1.807, 2.05) is 48.5 Å². The van der Waals surface area contributed by atoms with Crippen LogP contribution >= 0.6 is 0 Å². The van der Waals surface area contributed by atoms with Gasteiger partial charge in [0.25, 0.3) is 5.91 Å². The molecule has 182 valence electrons. The summed E-state index contributed by atoms with van der Waals surface area (Å²) in [4.78, 5) is 33.0. The average Bonchev–Trinajstić information content (AvgIpc) is 2.93. The highest BCUT2D eigenvalue weighted by atomic mass is 16.2. The Balaban J connectivity index is 1.66. The fourth-order valence-corrected chi connectivity index (χ4v) is 3.70. The fourth-order valence-electron chi connectivity index (χ4n) is 3.70. The predicted molar refractivity (Wildman–Crippen MR) is 149 cm³/mol. The van der Waals surface area contributed by atoms with E-state index >= 15 is 0 Å². The molecule has 37 heavy (non-hydrogen) atoms. The molecule has 0 atom stereocenters. The molecule has 0 aliphatic rings. The molecule has 3 aromatic carbocycles. The Labute approximate surface area is 214 Å². The maximum Gasteiger partial charge on any atom is 0.255 e. The zero-order valence-corrected chi connectivity index (χ0v) is 20.0. The van der Waals surface area contributed by atoms with Gasteiger partial charge in [-0.1, -0.05) is 49.6 Å². The van der Waals surface area contributed by atoms with Gasteiger partial charge >= 0.3 is 0 Å². The third kappa shape index (κ3) is 6.04. The van der Waals surface area contributed by atoms with Crippen LogP contribution in [0.15, 0.2) is 122 Å². The van der Waals surface area contributed by atoms with Crippen molar-refractivity contribution in [3.05, 3.63) is 128 Å². The minimum atomic E-state index is -0.315. The minimum absolute atomic E-state index is 0.276. The second kappa shape index (κ2) is 11.4. The van der Waals surface area contributed by atoms with Gasteiger partial charge in [-0.2, -0.15) is 0 Å². The van der Waals surface area contributed by atoms with Crippen molar-refractivity contribution in [2.24, 2.45) is 5.73 Å². The fraction of sp³-hybridized carbons (Fsp3) is 0. The molecule has 0 aliphatic heterocycles. The van der Waals surface area contributed by atoms with E-state index in [1.54, 1.807) is 36.5 Å². The zero-order valence-electron chi connectivity index (χ0n) is 20.0. The van der Waals surface area contributed by atoms with Crippen molar-refractivity contribution in [3.8, 4) is 11.1 Å². The first kappa shape index (κ1) is 24.8. The number of carbonyl (C=O) groups is 2. The SMILES string of the molecule is C=CC(=O)Nc1cccc(-c2cc(C(/C=C\C(=C)C(=O)Nc3ccccc3)=C/N)cc3cncnc23)c1. The van der Waals surface area contributed by atoms with E-state index in [0.29, 0.717) is 16.9 Å². The van der Waals surface area contributed by atoms with E-state index in [2.05, 4.69) is 33.8 Å². The normalized spacial score (nSPS) is 11.3. The number of hydrogen-bond donors (Lipinski definition) is 3. The lowest BCUT2D eigenvalue weighted by Crippen LogP contribution is -2.12. The first-order chi connectivity index (χ1) is 18.0. The largest absolute Gasteiger partial charge is 0.404 e. The summed E-state index contributed by atoms with van der Waals surface area (Å²) in [6.45, 7) is 7.37. The van der Waals surface area contributed by atoms with Crippen molar-refractivity contribution in [1.29, 1.82) is 0 Å². The van der Waals surface area contributed by atoms with Crippen LogP contribution in [0.5, 0.6) is 0 Å². The summed E-state index contributed by atoms with van der Waals surface area (Å²) in [5.74, 6) is -0.613. The Morgan fingerprint density at radius 2 is 1.70 bits per heavy atom. The Morgan fingerprint density at radius 1 is 0.919 bits per heavy atom. The lowest BCUT2D eigenvalue weighted by Gasteiger charge is -2.12. The van der Waals surface area contributed by atoms with E-state index in [-0.39, 0.29) is 17.4 Å². The second-order valence-corrected chi connectivity index (χ2v) is 8.06. The number of para-hydroxylation sites is 1. The lowest BCUT2D eigenvalue weighted by atomic mass is 9.95. The van der Waals surface area contributed by atoms with Crippen molar-refractivity contribution < 1.29 is 9.59 Å². The Hall–Kier alpha value is -5.30. The molecule has 0 unspecified atom stereocenters. The summed E-state index contributed by atoms with van der Waals surface area (Å²) >= 11 is 0. The van der Waals surface area contributed by atoms with Crippen LogP contribution in [0.3, 0.4) is 0 Å². The van der Waals surface area contributed by atoms with Gasteiger partial charge in [0.15, 0.2) is 0 Å². The molecule has 0 bridgehead atoms. The minimum Gasteiger partial charge on any atom is -0.404 e. The summed E-state index contributed by atoms with van der Waals surface area (Å²) in [6, 6.07) is 20.5. The van der Waals surface area contributed by atoms with Crippen LogP contribution in [-0.4, -0.2) is 21.8 Å². The molecule has 7 nitrogen and oxygen atoms in total. The number of carbonyl (C=O) groups excluding carboxylic acids is 2. The molecule has 2 amide bonds. The van der Waals surface area contributed by atoms with Gasteiger partial charge in [-0.25, -0.2) is 9.97 Å². The molecule has 0 radical (unpaired) electrons. The standard InChI is InChI=1S/C30H25N5O2/c1-3-28(36)34-26-11-7-8-21(15-26)27-16-23(14-24-18-32-19-33-29(24)27)22(17-31)13-12-20(2)30(37)35-25-9-5-4-6-10-25/h3-19H,1-2,31H2,(H,34,36)(H,35,37)/b13-12-,22-17+. The molecule has 4 aromatic rings. The van der Waals surface area contributed by atoms with E-state index in [0.717, 1.165) is 27.6 Å². The number of anilines is 2. The van der Waals surface area contributed by atoms with Gasteiger partial charge in [0, 0.05) is 40.3 Å². The molecule has 0 saturated heterocycles. The molecule has 0 saturated carbocycles. The molecular weight excluding hydrogens is 462 g/mol. The molecular formula is C30H25N5O2. The Kier molecular flexibility index (Phi) is 7.66. The summed E-state index contributed by atoms with van der Waals surface area (Å²) in [5.41, 5.74) is 11.5. The van der Waals surface area contributed by atoms with Crippen molar-refractivity contribution in [2.45, 2.75) is 0 Å². The number of benzene rings is 3. The maximum atomic E-state index is 12.5. The highest BCUT2D eigenvalue weighted by Crippen LogP contribution is 2.32. The van der Waals surface area contributed by atoms with Gasteiger partial charge in [-0.3, -0.25) is 9.59 Å². The van der Waals surface area contributed by atoms with Gasteiger partial charge in [0.2, 0.25) is 5.91 Å². The van der Waals surface area contributed by atoms with Crippen LogP contribution in [0.2, 0.25) is 0 Å². The molecule has 7 heteroatoms. The molecule has 1 aromatic heterocycles. The van der Waals surface area contributed by atoms with E-state index in [9.17, 15) is 9.59 Å². The highest BCUT2D eigenvalue weighted by Gasteiger charge is 2.12. The summed E-state index contributed by atoms with van der Waals surface area (Å²) in [6.07, 6.45) is 9.26. The highest BCUT2D eigenvalue weighted by molar-refractivity contribution is 6.06. The molecule has 0 fully saturated rings. The maximum absolute atomic E-state index is 12.5.